The number of nitrogens with one attached hydrogen (secondary N) is 1. The third kappa shape index (κ3) is 1.97. The summed E-state index contributed by atoms with van der Waals surface area (Å²) < 4.78 is 0. The minimum atomic E-state index is 0.713. The zero-order valence-corrected chi connectivity index (χ0v) is 7.27. The second-order valence-electron chi connectivity index (χ2n) is 3.02. The van der Waals surface area contributed by atoms with E-state index in [9.17, 15) is 0 Å². The van der Waals surface area contributed by atoms with E-state index >= 15 is 0 Å². The Balaban J connectivity index is 1.97. The average Bonchev–Trinajstić information content (AvgIpc) is 2.62. The van der Waals surface area contributed by atoms with Gasteiger partial charge < -0.3 is 11.2 Å². The first kappa shape index (κ1) is 8.07. The molecule has 0 bridgehead atoms. The number of hydrogen-bond acceptors (Lipinski definition) is 4. The van der Waals surface area contributed by atoms with Gasteiger partial charge in [0.1, 0.15) is 6.67 Å². The zero-order valence-electron chi connectivity index (χ0n) is 7.27. The summed E-state index contributed by atoms with van der Waals surface area (Å²) in [6, 6.07) is 7.86. The molecule has 1 aliphatic heterocycles. The van der Waals surface area contributed by atoms with Crippen LogP contribution in [0.2, 0.25) is 0 Å². The molecule has 1 aromatic carbocycles. The van der Waals surface area contributed by atoms with Crippen LogP contribution in [0.25, 0.3) is 0 Å². The molecule has 0 spiro atoms. The highest BCUT2D eigenvalue weighted by Crippen LogP contribution is 2.07. The summed E-state index contributed by atoms with van der Waals surface area (Å²) >= 11 is 0. The summed E-state index contributed by atoms with van der Waals surface area (Å²) in [5, 5.41) is 2.02. The second kappa shape index (κ2) is 3.45. The molecule has 0 aliphatic carbocycles. The van der Waals surface area contributed by atoms with Gasteiger partial charge in [0.2, 0.25) is 0 Å². The third-order valence-corrected chi connectivity index (χ3v) is 1.94. The fourth-order valence-corrected chi connectivity index (χ4v) is 1.24. The number of nitrogens with two attached hydrogens (primary N) is 1. The Morgan fingerprint density at radius 3 is 2.77 bits per heavy atom. The van der Waals surface area contributed by atoms with Gasteiger partial charge in [-0.3, -0.25) is 4.99 Å². The molecule has 2 rings (SSSR count). The largest absolute Gasteiger partial charge is 0.399 e. The lowest BCUT2D eigenvalue weighted by atomic mass is 10.2. The van der Waals surface area contributed by atoms with Crippen molar-refractivity contribution in [1.82, 2.24) is 10.4 Å². The molecule has 0 radical (unpaired) electrons. The van der Waals surface area contributed by atoms with Crippen LogP contribution in [0, 0.1) is 0 Å². The molecular formula is C9H12N4. The first-order chi connectivity index (χ1) is 6.34. The Kier molecular flexibility index (Phi) is 2.14. The summed E-state index contributed by atoms with van der Waals surface area (Å²) in [7, 11) is 0. The fraction of sp³-hybridized carbons (Fsp3) is 0.222. The topological polar surface area (TPSA) is 53.6 Å². The molecule has 4 nitrogen and oxygen atoms in total. The van der Waals surface area contributed by atoms with Crippen molar-refractivity contribution < 1.29 is 0 Å². The van der Waals surface area contributed by atoms with Crippen LogP contribution in [0.3, 0.4) is 0 Å². The van der Waals surface area contributed by atoms with Crippen molar-refractivity contribution in [2.24, 2.45) is 4.99 Å². The molecule has 0 aromatic heterocycles. The fourth-order valence-electron chi connectivity index (χ4n) is 1.24. The van der Waals surface area contributed by atoms with Crippen LogP contribution >= 0.6 is 0 Å². The van der Waals surface area contributed by atoms with Gasteiger partial charge >= 0.3 is 0 Å². The van der Waals surface area contributed by atoms with Gasteiger partial charge in [0.05, 0.1) is 6.34 Å². The van der Waals surface area contributed by atoms with Gasteiger partial charge in [-0.25, -0.2) is 0 Å². The van der Waals surface area contributed by atoms with Crippen LogP contribution in [0.15, 0.2) is 29.3 Å². The summed E-state index contributed by atoms with van der Waals surface area (Å²) in [4.78, 5) is 4.04. The Labute approximate surface area is 77.0 Å². The van der Waals surface area contributed by atoms with Gasteiger partial charge in [-0.15, -0.1) is 0 Å². The number of hydrazine groups is 1. The van der Waals surface area contributed by atoms with Crippen molar-refractivity contribution in [3.63, 3.8) is 0 Å². The zero-order chi connectivity index (χ0) is 9.10. The SMILES string of the molecule is Nc1ccc(CN2CN=CN2)cc1. The maximum atomic E-state index is 5.58. The predicted molar refractivity (Wildman–Crippen MR) is 52.9 cm³/mol. The molecule has 0 amide bonds. The quantitative estimate of drug-likeness (QED) is 0.648. The monoisotopic (exact) mass is 176 g/mol. The van der Waals surface area contributed by atoms with E-state index in [4.69, 9.17) is 5.73 Å². The minimum absolute atomic E-state index is 0.713. The molecule has 0 unspecified atom stereocenters. The number of anilines is 1. The Hall–Kier alpha value is -1.55. The summed E-state index contributed by atoms with van der Waals surface area (Å²) in [6.45, 7) is 1.56. The van der Waals surface area contributed by atoms with Gasteiger partial charge in [-0.05, 0) is 17.7 Å². The standard InChI is InChI=1S/C9H12N4/c10-9-3-1-8(2-4-9)5-13-7-11-6-12-13/h1-4,6H,5,7,10H2,(H,11,12). The van der Waals surface area contributed by atoms with E-state index in [1.54, 1.807) is 6.34 Å². The molecule has 1 aliphatic rings. The van der Waals surface area contributed by atoms with Crippen LogP contribution in [-0.4, -0.2) is 18.0 Å². The molecule has 3 N–H and O–H groups in total. The predicted octanol–water partition coefficient (Wildman–Crippen LogP) is 0.575. The van der Waals surface area contributed by atoms with E-state index in [2.05, 4.69) is 10.4 Å². The number of rotatable bonds is 2. The number of benzene rings is 1. The van der Waals surface area contributed by atoms with Crippen molar-refractivity contribution in [2.45, 2.75) is 6.54 Å². The van der Waals surface area contributed by atoms with E-state index in [1.165, 1.54) is 5.56 Å². The van der Waals surface area contributed by atoms with E-state index in [-0.39, 0.29) is 0 Å². The second-order valence-corrected chi connectivity index (χ2v) is 3.02. The smallest absolute Gasteiger partial charge is 0.110 e. The molecule has 0 saturated carbocycles. The van der Waals surface area contributed by atoms with Gasteiger partial charge in [0, 0.05) is 12.2 Å². The molecular weight excluding hydrogens is 164 g/mol. The summed E-state index contributed by atoms with van der Waals surface area (Å²) in [5.74, 6) is 0. The molecule has 1 aromatic rings. The highest BCUT2D eigenvalue weighted by Gasteiger charge is 2.06. The molecule has 4 heteroatoms. The van der Waals surface area contributed by atoms with Gasteiger partial charge in [-0.2, -0.15) is 5.01 Å². The van der Waals surface area contributed by atoms with Crippen molar-refractivity contribution in [2.75, 3.05) is 12.4 Å². The van der Waals surface area contributed by atoms with E-state index in [1.807, 2.05) is 29.3 Å². The third-order valence-electron chi connectivity index (χ3n) is 1.94. The molecule has 0 saturated heterocycles. The molecule has 68 valence electrons. The maximum Gasteiger partial charge on any atom is 0.110 e. The van der Waals surface area contributed by atoms with Crippen molar-refractivity contribution in [3.8, 4) is 0 Å². The Morgan fingerprint density at radius 1 is 1.38 bits per heavy atom. The Morgan fingerprint density at radius 2 is 2.15 bits per heavy atom. The first-order valence-corrected chi connectivity index (χ1v) is 4.18. The van der Waals surface area contributed by atoms with Crippen molar-refractivity contribution in [1.29, 1.82) is 0 Å². The molecule has 13 heavy (non-hydrogen) atoms. The first-order valence-electron chi connectivity index (χ1n) is 4.18. The van der Waals surface area contributed by atoms with Gasteiger partial charge in [0.15, 0.2) is 0 Å². The molecule has 1 heterocycles. The van der Waals surface area contributed by atoms with Crippen molar-refractivity contribution >= 4 is 12.0 Å². The van der Waals surface area contributed by atoms with E-state index in [0.717, 1.165) is 12.2 Å². The number of hydrogen-bond donors (Lipinski definition) is 2. The lowest BCUT2D eigenvalue weighted by Crippen LogP contribution is -2.30. The number of aliphatic imine (C=N–C) groups is 1. The molecule has 0 fully saturated rings. The Bertz CT molecular complexity index is 296. The average molecular weight is 176 g/mol. The van der Waals surface area contributed by atoms with E-state index in [0.29, 0.717) is 6.67 Å². The highest BCUT2D eigenvalue weighted by atomic mass is 15.6. The van der Waals surface area contributed by atoms with Crippen molar-refractivity contribution in [3.05, 3.63) is 29.8 Å². The lowest BCUT2D eigenvalue weighted by molar-refractivity contribution is 0.259. The van der Waals surface area contributed by atoms with Crippen LogP contribution in [0.5, 0.6) is 0 Å². The molecule has 0 atom stereocenters. The van der Waals surface area contributed by atoms with Crippen LogP contribution in [-0.2, 0) is 6.54 Å². The summed E-state index contributed by atoms with van der Waals surface area (Å²) in [6.07, 6.45) is 1.71. The van der Waals surface area contributed by atoms with Gasteiger partial charge in [0.25, 0.3) is 0 Å². The highest BCUT2D eigenvalue weighted by molar-refractivity contribution is 5.55. The number of nitrogens with zero attached hydrogens (tertiary/aromatic N) is 2. The van der Waals surface area contributed by atoms with Gasteiger partial charge in [-0.1, -0.05) is 12.1 Å². The van der Waals surface area contributed by atoms with Crippen LogP contribution < -0.4 is 11.2 Å². The normalized spacial score (nSPS) is 16.0. The number of nitrogen functional groups attached to an aromatic ring is 1. The summed E-state index contributed by atoms with van der Waals surface area (Å²) in [5.41, 5.74) is 10.6. The van der Waals surface area contributed by atoms with Crippen LogP contribution in [0.4, 0.5) is 5.69 Å². The lowest BCUT2D eigenvalue weighted by Gasteiger charge is -2.13. The van der Waals surface area contributed by atoms with Crippen LogP contribution in [0.1, 0.15) is 5.56 Å². The maximum absolute atomic E-state index is 5.58. The minimum Gasteiger partial charge on any atom is -0.399 e. The van der Waals surface area contributed by atoms with E-state index < -0.39 is 0 Å².